The van der Waals surface area contributed by atoms with Crippen LogP contribution < -0.4 is 5.76 Å². The molecule has 0 unspecified atom stereocenters. The Morgan fingerprint density at radius 2 is 1.68 bits per heavy atom. The summed E-state index contributed by atoms with van der Waals surface area (Å²) >= 11 is 4.49. The molecule has 0 radical (unpaired) electrons. The minimum Gasteiger partial charge on any atom is -0.408 e. The Bertz CT molecular complexity index is 787. The van der Waals surface area contributed by atoms with Crippen LogP contribution in [0.1, 0.15) is 5.56 Å². The number of rotatable bonds is 2. The summed E-state index contributed by atoms with van der Waals surface area (Å²) in [5, 5.41) is 0. The van der Waals surface area contributed by atoms with Gasteiger partial charge in [-0.25, -0.2) is 4.79 Å². The topological polar surface area (TPSA) is 35.1 Å². The Balaban J connectivity index is 2.09. The van der Waals surface area contributed by atoms with Gasteiger partial charge in [-0.05, 0) is 81.1 Å². The first-order valence-corrected chi connectivity index (χ1v) is 7.82. The maximum atomic E-state index is 11.9. The molecule has 0 atom stereocenters. The van der Waals surface area contributed by atoms with Gasteiger partial charge >= 0.3 is 5.76 Å². The third-order valence-corrected chi connectivity index (χ3v) is 4.27. The van der Waals surface area contributed by atoms with E-state index in [1.54, 1.807) is 4.57 Å². The molecule has 0 N–H and O–H groups in total. The van der Waals surface area contributed by atoms with E-state index in [1.807, 2.05) is 42.5 Å². The van der Waals surface area contributed by atoms with Gasteiger partial charge in [-0.2, -0.15) is 0 Å². The van der Waals surface area contributed by atoms with Gasteiger partial charge in [0.2, 0.25) is 0 Å². The molecule has 0 spiro atoms. The van der Waals surface area contributed by atoms with E-state index < -0.39 is 0 Å². The molecule has 3 aromatic rings. The van der Waals surface area contributed by atoms with E-state index in [1.165, 1.54) is 3.57 Å². The second-order valence-corrected chi connectivity index (χ2v) is 6.68. The molecule has 0 fully saturated rings. The molecule has 0 aliphatic rings. The number of hydrogen-bond donors (Lipinski definition) is 0. The van der Waals surface area contributed by atoms with Crippen molar-refractivity contribution in [2.45, 2.75) is 6.54 Å². The average molecular weight is 477 g/mol. The standard InChI is InChI=1S/C14H9I2NO2/c15-10-3-1-9(2-4-10)8-17-12-7-11(16)5-6-13(12)19-14(17)18/h1-7H,8H2. The fourth-order valence-corrected chi connectivity index (χ4v) is 2.79. The molecular formula is C14H9I2NO2. The summed E-state index contributed by atoms with van der Waals surface area (Å²) in [7, 11) is 0. The van der Waals surface area contributed by atoms with Crippen molar-refractivity contribution in [3.05, 3.63) is 65.7 Å². The van der Waals surface area contributed by atoms with Crippen LogP contribution in [-0.4, -0.2) is 4.57 Å². The van der Waals surface area contributed by atoms with Gasteiger partial charge in [0.1, 0.15) is 0 Å². The van der Waals surface area contributed by atoms with Crippen molar-refractivity contribution in [1.82, 2.24) is 4.57 Å². The Morgan fingerprint density at radius 3 is 2.42 bits per heavy atom. The summed E-state index contributed by atoms with van der Waals surface area (Å²) in [4.78, 5) is 11.9. The Kier molecular flexibility index (Phi) is 3.66. The molecule has 0 aliphatic heterocycles. The summed E-state index contributed by atoms with van der Waals surface area (Å²) in [5.74, 6) is -0.310. The van der Waals surface area contributed by atoms with E-state index in [2.05, 4.69) is 45.2 Å². The molecule has 1 heterocycles. The third-order valence-electron chi connectivity index (χ3n) is 2.88. The highest BCUT2D eigenvalue weighted by Gasteiger charge is 2.09. The van der Waals surface area contributed by atoms with E-state index in [4.69, 9.17) is 4.42 Å². The first-order valence-electron chi connectivity index (χ1n) is 5.67. The van der Waals surface area contributed by atoms with Crippen molar-refractivity contribution >= 4 is 56.3 Å². The van der Waals surface area contributed by atoms with Crippen LogP contribution in [0.5, 0.6) is 0 Å². The van der Waals surface area contributed by atoms with Crippen LogP contribution in [0.3, 0.4) is 0 Å². The van der Waals surface area contributed by atoms with Crippen molar-refractivity contribution in [1.29, 1.82) is 0 Å². The van der Waals surface area contributed by atoms with Crippen LogP contribution in [0.2, 0.25) is 0 Å². The Labute approximate surface area is 136 Å². The van der Waals surface area contributed by atoms with Crippen LogP contribution in [-0.2, 0) is 6.54 Å². The molecule has 0 bridgehead atoms. The molecule has 5 heteroatoms. The molecule has 3 rings (SSSR count). The third kappa shape index (κ3) is 2.71. The SMILES string of the molecule is O=c1oc2ccc(I)cc2n1Cc1ccc(I)cc1. The van der Waals surface area contributed by atoms with E-state index in [0.717, 1.165) is 14.7 Å². The predicted molar refractivity (Wildman–Crippen MR) is 91.5 cm³/mol. The summed E-state index contributed by atoms with van der Waals surface area (Å²) in [6, 6.07) is 13.9. The first kappa shape index (κ1) is 13.2. The monoisotopic (exact) mass is 477 g/mol. The van der Waals surface area contributed by atoms with Crippen molar-refractivity contribution in [2.24, 2.45) is 0 Å². The van der Waals surface area contributed by atoms with Crippen molar-refractivity contribution in [3.8, 4) is 0 Å². The fraction of sp³-hybridized carbons (Fsp3) is 0.0714. The number of nitrogens with zero attached hydrogens (tertiary/aromatic N) is 1. The number of halogens is 2. The molecule has 0 amide bonds. The molecule has 2 aromatic carbocycles. The summed E-state index contributed by atoms with van der Waals surface area (Å²) in [6.07, 6.45) is 0. The summed E-state index contributed by atoms with van der Waals surface area (Å²) in [6.45, 7) is 0.531. The van der Waals surface area contributed by atoms with Crippen LogP contribution in [0, 0.1) is 7.14 Å². The van der Waals surface area contributed by atoms with E-state index in [9.17, 15) is 4.79 Å². The zero-order valence-corrected chi connectivity index (χ0v) is 14.1. The van der Waals surface area contributed by atoms with Crippen molar-refractivity contribution in [2.75, 3.05) is 0 Å². The lowest BCUT2D eigenvalue weighted by atomic mass is 10.2. The fourth-order valence-electron chi connectivity index (χ4n) is 1.96. The number of aromatic nitrogens is 1. The summed E-state index contributed by atoms with van der Waals surface area (Å²) in [5.41, 5.74) is 2.57. The zero-order chi connectivity index (χ0) is 13.4. The first-order chi connectivity index (χ1) is 9.13. The predicted octanol–water partition coefficient (Wildman–Crippen LogP) is 3.85. The van der Waals surface area contributed by atoms with Crippen LogP contribution >= 0.6 is 45.2 Å². The van der Waals surface area contributed by atoms with Gasteiger partial charge in [0.15, 0.2) is 5.58 Å². The van der Waals surface area contributed by atoms with Gasteiger partial charge in [0.05, 0.1) is 12.1 Å². The Morgan fingerprint density at radius 1 is 1.00 bits per heavy atom. The van der Waals surface area contributed by atoms with Crippen molar-refractivity contribution < 1.29 is 4.42 Å². The molecule has 0 saturated carbocycles. The quantitative estimate of drug-likeness (QED) is 0.526. The molecule has 0 aliphatic carbocycles. The maximum absolute atomic E-state index is 11.9. The molecule has 96 valence electrons. The van der Waals surface area contributed by atoms with E-state index >= 15 is 0 Å². The molecule has 3 nitrogen and oxygen atoms in total. The number of fused-ring (bicyclic) bond motifs is 1. The smallest absolute Gasteiger partial charge is 0.408 e. The molecular weight excluding hydrogens is 468 g/mol. The van der Waals surface area contributed by atoms with Gasteiger partial charge in [-0.15, -0.1) is 0 Å². The molecule has 19 heavy (non-hydrogen) atoms. The average Bonchev–Trinajstić information content (AvgIpc) is 2.69. The van der Waals surface area contributed by atoms with Crippen LogP contribution in [0.4, 0.5) is 0 Å². The van der Waals surface area contributed by atoms with Gasteiger partial charge in [0.25, 0.3) is 0 Å². The van der Waals surface area contributed by atoms with Crippen LogP contribution in [0.25, 0.3) is 11.1 Å². The maximum Gasteiger partial charge on any atom is 0.420 e. The van der Waals surface area contributed by atoms with Gasteiger partial charge in [-0.3, -0.25) is 4.57 Å². The minimum absolute atomic E-state index is 0.310. The second-order valence-electron chi connectivity index (χ2n) is 4.19. The lowest BCUT2D eigenvalue weighted by Crippen LogP contribution is -2.14. The number of hydrogen-bond acceptors (Lipinski definition) is 2. The van der Waals surface area contributed by atoms with Crippen molar-refractivity contribution in [3.63, 3.8) is 0 Å². The number of oxazole rings is 1. The van der Waals surface area contributed by atoms with E-state index in [-0.39, 0.29) is 5.76 Å². The van der Waals surface area contributed by atoms with Crippen LogP contribution in [0.15, 0.2) is 51.7 Å². The van der Waals surface area contributed by atoms with Gasteiger partial charge < -0.3 is 4.42 Å². The zero-order valence-electron chi connectivity index (χ0n) is 9.77. The largest absolute Gasteiger partial charge is 0.420 e. The lowest BCUT2D eigenvalue weighted by Gasteiger charge is -2.03. The van der Waals surface area contributed by atoms with E-state index in [0.29, 0.717) is 12.1 Å². The molecule has 1 aromatic heterocycles. The lowest BCUT2D eigenvalue weighted by molar-refractivity contribution is 0.517. The second kappa shape index (κ2) is 5.28. The molecule has 0 saturated heterocycles. The highest BCUT2D eigenvalue weighted by molar-refractivity contribution is 14.1. The number of benzene rings is 2. The summed E-state index contributed by atoms with van der Waals surface area (Å²) < 4.78 is 9.19. The highest BCUT2D eigenvalue weighted by Crippen LogP contribution is 2.18. The normalized spacial score (nSPS) is 11.1. The highest BCUT2D eigenvalue weighted by atomic mass is 127. The Hall–Kier alpha value is -0.830. The minimum atomic E-state index is -0.310. The van der Waals surface area contributed by atoms with Gasteiger partial charge in [-0.1, -0.05) is 12.1 Å². The van der Waals surface area contributed by atoms with Gasteiger partial charge in [0, 0.05) is 7.14 Å².